The monoisotopic (exact) mass is 375 g/mol. The Balaban J connectivity index is 1.64. The van der Waals surface area contributed by atoms with E-state index >= 15 is 0 Å². The highest BCUT2D eigenvalue weighted by Crippen LogP contribution is 2.21. The fourth-order valence-electron chi connectivity index (χ4n) is 3.27. The second-order valence-corrected chi connectivity index (χ2v) is 7.86. The van der Waals surface area contributed by atoms with E-state index in [1.165, 1.54) is 11.3 Å². The highest BCUT2D eigenvalue weighted by atomic mass is 32.2. The first-order chi connectivity index (χ1) is 12.6. The molecule has 26 heavy (non-hydrogen) atoms. The van der Waals surface area contributed by atoms with Crippen LogP contribution in [0.3, 0.4) is 0 Å². The molecule has 142 valence electrons. The van der Waals surface area contributed by atoms with Gasteiger partial charge in [-0.25, -0.2) is 0 Å². The van der Waals surface area contributed by atoms with Crippen LogP contribution in [0.25, 0.3) is 0 Å². The van der Waals surface area contributed by atoms with Crippen molar-refractivity contribution in [1.82, 2.24) is 19.7 Å². The molecule has 2 aromatic rings. The minimum absolute atomic E-state index is 0.291. The number of rotatable bonds is 8. The van der Waals surface area contributed by atoms with Crippen molar-refractivity contribution in [2.75, 3.05) is 38.9 Å². The van der Waals surface area contributed by atoms with Gasteiger partial charge in [-0.3, -0.25) is 4.90 Å². The minimum Gasteiger partial charge on any atom is -0.378 e. The van der Waals surface area contributed by atoms with Gasteiger partial charge in [-0.05, 0) is 43.8 Å². The first-order valence-electron chi connectivity index (χ1n) is 9.09. The summed E-state index contributed by atoms with van der Waals surface area (Å²) in [6, 6.07) is 8.70. The molecule has 0 unspecified atom stereocenters. The second-order valence-electron chi connectivity index (χ2n) is 7.08. The smallest absolute Gasteiger partial charge is 0.191 e. The summed E-state index contributed by atoms with van der Waals surface area (Å²) >= 11 is 1.65. The quantitative estimate of drug-likeness (QED) is 0.661. The van der Waals surface area contributed by atoms with E-state index in [4.69, 9.17) is 4.74 Å². The molecule has 7 heteroatoms. The van der Waals surface area contributed by atoms with E-state index < -0.39 is 0 Å². The van der Waals surface area contributed by atoms with Crippen LogP contribution in [0.2, 0.25) is 0 Å². The summed E-state index contributed by atoms with van der Waals surface area (Å²) in [5.74, 6) is 1.01. The van der Waals surface area contributed by atoms with Crippen LogP contribution in [-0.2, 0) is 24.4 Å². The second kappa shape index (κ2) is 8.88. The Morgan fingerprint density at radius 2 is 1.92 bits per heavy atom. The summed E-state index contributed by atoms with van der Waals surface area (Å²) in [7, 11) is 6.25. The molecule has 3 rings (SSSR count). The van der Waals surface area contributed by atoms with Crippen LogP contribution < -0.4 is 4.90 Å². The van der Waals surface area contributed by atoms with Crippen LogP contribution in [0.4, 0.5) is 5.69 Å². The predicted molar refractivity (Wildman–Crippen MR) is 107 cm³/mol. The van der Waals surface area contributed by atoms with E-state index in [1.54, 1.807) is 11.8 Å². The topological polar surface area (TPSA) is 46.4 Å². The number of anilines is 1. The standard InChI is InChI=1S/C19H29N5OS/c1-22(2)16-9-7-15(8-10-16)12-23(3)14-18-20-21-19(26-4)24(18)13-17-6-5-11-25-17/h7-10,17H,5-6,11-14H2,1-4H3/t17-/m0/s1. The molecule has 2 heterocycles. The molecule has 0 radical (unpaired) electrons. The molecule has 0 saturated carbocycles. The number of hydrogen-bond acceptors (Lipinski definition) is 6. The fraction of sp³-hybridized carbons (Fsp3) is 0.579. The van der Waals surface area contributed by atoms with Gasteiger partial charge in [0.1, 0.15) is 5.82 Å². The Kier molecular flexibility index (Phi) is 6.56. The van der Waals surface area contributed by atoms with E-state index in [-0.39, 0.29) is 0 Å². The van der Waals surface area contributed by atoms with Gasteiger partial charge >= 0.3 is 0 Å². The van der Waals surface area contributed by atoms with Gasteiger partial charge in [0.2, 0.25) is 0 Å². The van der Waals surface area contributed by atoms with Crippen molar-refractivity contribution in [2.24, 2.45) is 0 Å². The van der Waals surface area contributed by atoms with Crippen LogP contribution in [0, 0.1) is 0 Å². The summed E-state index contributed by atoms with van der Waals surface area (Å²) in [6.07, 6.45) is 4.62. The molecular weight excluding hydrogens is 346 g/mol. The van der Waals surface area contributed by atoms with E-state index in [0.717, 1.165) is 50.1 Å². The van der Waals surface area contributed by atoms with Gasteiger partial charge in [-0.15, -0.1) is 10.2 Å². The fourth-order valence-corrected chi connectivity index (χ4v) is 3.79. The van der Waals surface area contributed by atoms with Gasteiger partial charge < -0.3 is 14.2 Å². The normalized spacial score (nSPS) is 17.2. The van der Waals surface area contributed by atoms with Crippen molar-refractivity contribution < 1.29 is 4.74 Å². The Morgan fingerprint density at radius 1 is 1.15 bits per heavy atom. The zero-order chi connectivity index (χ0) is 18.5. The number of thioether (sulfide) groups is 1. The van der Waals surface area contributed by atoms with Gasteiger partial charge in [0.25, 0.3) is 0 Å². The predicted octanol–water partition coefficient (Wildman–Crippen LogP) is 2.88. The molecule has 1 aromatic carbocycles. The lowest BCUT2D eigenvalue weighted by Crippen LogP contribution is -2.23. The zero-order valence-electron chi connectivity index (χ0n) is 16.2. The maximum atomic E-state index is 5.81. The van der Waals surface area contributed by atoms with Crippen LogP contribution in [0.5, 0.6) is 0 Å². The number of benzene rings is 1. The molecule has 1 saturated heterocycles. The lowest BCUT2D eigenvalue weighted by atomic mass is 10.2. The molecule has 1 aliphatic rings. The molecule has 0 bridgehead atoms. The van der Waals surface area contributed by atoms with E-state index in [1.807, 2.05) is 0 Å². The van der Waals surface area contributed by atoms with Gasteiger partial charge in [0.05, 0.1) is 19.2 Å². The molecule has 0 amide bonds. The van der Waals surface area contributed by atoms with E-state index in [2.05, 4.69) is 76.2 Å². The average Bonchev–Trinajstić information content (AvgIpc) is 3.26. The molecule has 0 spiro atoms. The Hall–Kier alpha value is -1.57. The largest absolute Gasteiger partial charge is 0.378 e. The summed E-state index contributed by atoms with van der Waals surface area (Å²) < 4.78 is 8.04. The average molecular weight is 376 g/mol. The minimum atomic E-state index is 0.291. The number of nitrogens with zero attached hydrogens (tertiary/aromatic N) is 5. The van der Waals surface area contributed by atoms with Crippen molar-refractivity contribution in [3.8, 4) is 0 Å². The van der Waals surface area contributed by atoms with Crippen molar-refractivity contribution in [3.63, 3.8) is 0 Å². The van der Waals surface area contributed by atoms with Crippen LogP contribution >= 0.6 is 11.8 Å². The van der Waals surface area contributed by atoms with E-state index in [9.17, 15) is 0 Å². The zero-order valence-corrected chi connectivity index (χ0v) is 17.0. The Labute approximate surface area is 160 Å². The Morgan fingerprint density at radius 3 is 2.54 bits per heavy atom. The SMILES string of the molecule is CSc1nnc(CN(C)Cc2ccc(N(C)C)cc2)n1C[C@@H]1CCCO1. The molecule has 0 N–H and O–H groups in total. The highest BCUT2D eigenvalue weighted by molar-refractivity contribution is 7.98. The molecule has 0 aliphatic carbocycles. The molecule has 6 nitrogen and oxygen atoms in total. The van der Waals surface area contributed by atoms with Crippen LogP contribution in [-0.4, -0.2) is 59.8 Å². The van der Waals surface area contributed by atoms with Gasteiger partial charge in [0.15, 0.2) is 5.16 Å². The van der Waals surface area contributed by atoms with Crippen molar-refractivity contribution in [1.29, 1.82) is 0 Å². The molecular formula is C19H29N5OS. The summed E-state index contributed by atoms with van der Waals surface area (Å²) in [5.41, 5.74) is 2.52. The number of aromatic nitrogens is 3. The number of hydrogen-bond donors (Lipinski definition) is 0. The van der Waals surface area contributed by atoms with Crippen molar-refractivity contribution in [2.45, 2.75) is 43.7 Å². The van der Waals surface area contributed by atoms with Crippen molar-refractivity contribution >= 4 is 17.4 Å². The number of ether oxygens (including phenoxy) is 1. The molecule has 1 atom stereocenters. The first-order valence-corrected chi connectivity index (χ1v) is 10.3. The molecule has 1 fully saturated rings. The lowest BCUT2D eigenvalue weighted by Gasteiger charge is -2.19. The Bertz CT molecular complexity index is 694. The lowest BCUT2D eigenvalue weighted by molar-refractivity contribution is 0.0934. The van der Waals surface area contributed by atoms with Crippen molar-refractivity contribution in [3.05, 3.63) is 35.7 Å². The van der Waals surface area contributed by atoms with Crippen LogP contribution in [0.15, 0.2) is 29.4 Å². The first kappa shape index (κ1) is 19.2. The third-order valence-corrected chi connectivity index (χ3v) is 5.37. The van der Waals surface area contributed by atoms with Crippen LogP contribution in [0.1, 0.15) is 24.2 Å². The third-order valence-electron chi connectivity index (χ3n) is 4.70. The third kappa shape index (κ3) is 4.78. The maximum absolute atomic E-state index is 5.81. The summed E-state index contributed by atoms with van der Waals surface area (Å²) in [6.45, 7) is 3.38. The van der Waals surface area contributed by atoms with Gasteiger partial charge in [0, 0.05) is 32.9 Å². The summed E-state index contributed by atoms with van der Waals surface area (Å²) in [4.78, 5) is 4.40. The molecule has 1 aromatic heterocycles. The summed E-state index contributed by atoms with van der Waals surface area (Å²) in [5, 5.41) is 9.76. The maximum Gasteiger partial charge on any atom is 0.191 e. The van der Waals surface area contributed by atoms with E-state index in [0.29, 0.717) is 6.10 Å². The highest BCUT2D eigenvalue weighted by Gasteiger charge is 2.21. The molecule has 1 aliphatic heterocycles. The van der Waals surface area contributed by atoms with Gasteiger partial charge in [-0.2, -0.15) is 0 Å². The van der Waals surface area contributed by atoms with Gasteiger partial charge in [-0.1, -0.05) is 23.9 Å².